The summed E-state index contributed by atoms with van der Waals surface area (Å²) in [7, 11) is 0. The van der Waals surface area contributed by atoms with Crippen LogP contribution in [-0.4, -0.2) is 44.1 Å². The molecule has 0 bridgehead atoms. The Labute approximate surface area is 119 Å². The molecule has 0 spiro atoms. The van der Waals surface area contributed by atoms with Gasteiger partial charge in [-0.2, -0.15) is 0 Å². The van der Waals surface area contributed by atoms with E-state index in [2.05, 4.69) is 20.2 Å². The van der Waals surface area contributed by atoms with E-state index in [0.29, 0.717) is 13.1 Å². The number of hydrogen-bond acceptors (Lipinski definition) is 5. The molecule has 1 aliphatic rings. The van der Waals surface area contributed by atoms with E-state index in [0.717, 1.165) is 23.5 Å². The smallest absolute Gasteiger partial charge is 0.335 e. The highest BCUT2D eigenvalue weighted by Gasteiger charge is 2.28. The second kappa shape index (κ2) is 5.20. The largest absolute Gasteiger partial charge is 0.341 e. The van der Waals surface area contributed by atoms with E-state index in [1.807, 2.05) is 12.3 Å². The lowest BCUT2D eigenvalue weighted by molar-refractivity contribution is 0.0695. The number of aromatic amines is 2. The highest BCUT2D eigenvalue weighted by Crippen LogP contribution is 2.29. The molecular weight excluding hydrogens is 278 g/mol. The predicted molar refractivity (Wildman–Crippen MR) is 73.9 cm³/mol. The third-order valence-corrected chi connectivity index (χ3v) is 4.52. The van der Waals surface area contributed by atoms with E-state index in [1.165, 1.54) is 0 Å². The number of aryl methyl sites for hydroxylation is 1. The van der Waals surface area contributed by atoms with Gasteiger partial charge in [0.25, 0.3) is 5.91 Å². The molecule has 3 rings (SSSR count). The molecule has 0 aromatic carbocycles. The van der Waals surface area contributed by atoms with Gasteiger partial charge >= 0.3 is 5.69 Å². The number of H-pyrrole nitrogens is 2. The average molecular weight is 293 g/mol. The van der Waals surface area contributed by atoms with Crippen molar-refractivity contribution in [3.63, 3.8) is 0 Å². The van der Waals surface area contributed by atoms with Gasteiger partial charge < -0.3 is 4.90 Å². The number of carbonyl (C=O) groups excluding carboxylic acids is 1. The van der Waals surface area contributed by atoms with Crippen molar-refractivity contribution in [2.24, 2.45) is 0 Å². The van der Waals surface area contributed by atoms with E-state index in [1.54, 1.807) is 16.2 Å². The molecule has 3 heterocycles. The van der Waals surface area contributed by atoms with Gasteiger partial charge in [-0.05, 0) is 19.8 Å². The van der Waals surface area contributed by atoms with E-state index in [-0.39, 0.29) is 17.6 Å². The molecular formula is C12H15N5O2S. The summed E-state index contributed by atoms with van der Waals surface area (Å²) < 4.78 is 0. The van der Waals surface area contributed by atoms with E-state index in [4.69, 9.17) is 0 Å². The molecule has 106 valence electrons. The predicted octanol–water partition coefficient (Wildman–Crippen LogP) is 0.883. The highest BCUT2D eigenvalue weighted by atomic mass is 32.1. The first kappa shape index (κ1) is 13.0. The van der Waals surface area contributed by atoms with Crippen LogP contribution in [0.5, 0.6) is 0 Å². The van der Waals surface area contributed by atoms with Crippen molar-refractivity contribution in [3.05, 3.63) is 32.4 Å². The lowest BCUT2D eigenvalue weighted by Gasteiger charge is -2.31. The molecule has 2 N–H and O–H groups in total. The monoisotopic (exact) mass is 293 g/mol. The normalized spacial score (nSPS) is 19.2. The molecule has 2 aromatic rings. The zero-order chi connectivity index (χ0) is 14.1. The maximum atomic E-state index is 12.3. The van der Waals surface area contributed by atoms with E-state index >= 15 is 0 Å². The Morgan fingerprint density at radius 2 is 2.40 bits per heavy atom. The molecule has 1 atom stereocenters. The lowest BCUT2D eigenvalue weighted by Crippen LogP contribution is -2.39. The van der Waals surface area contributed by atoms with E-state index in [9.17, 15) is 9.59 Å². The number of likely N-dealkylation sites (tertiary alicyclic amines) is 1. The van der Waals surface area contributed by atoms with Crippen molar-refractivity contribution in [2.45, 2.75) is 25.7 Å². The zero-order valence-corrected chi connectivity index (χ0v) is 11.9. The molecule has 0 saturated carbocycles. The standard InChI is InChI=1S/C12H15N5O2S/c1-7-6-20-10(13-7)8-3-2-4-17(5-8)11(18)9-14-12(19)16-15-9/h6,8H,2-5H2,1H3,(H2,14,15,16,19). The van der Waals surface area contributed by atoms with Crippen molar-refractivity contribution in [2.75, 3.05) is 13.1 Å². The van der Waals surface area contributed by atoms with Gasteiger partial charge in [0.05, 0.1) is 5.01 Å². The van der Waals surface area contributed by atoms with Crippen molar-refractivity contribution >= 4 is 17.2 Å². The molecule has 1 amide bonds. The van der Waals surface area contributed by atoms with Gasteiger partial charge in [0.1, 0.15) is 0 Å². The van der Waals surface area contributed by atoms with Crippen LogP contribution in [0.2, 0.25) is 0 Å². The Hall–Kier alpha value is -1.96. The first-order chi connectivity index (χ1) is 9.63. The fraction of sp³-hybridized carbons (Fsp3) is 0.500. The van der Waals surface area contributed by atoms with Gasteiger partial charge in [0.2, 0.25) is 5.82 Å². The number of nitrogens with one attached hydrogen (secondary N) is 2. The van der Waals surface area contributed by atoms with Gasteiger partial charge in [-0.1, -0.05) is 0 Å². The average Bonchev–Trinajstić information content (AvgIpc) is 3.07. The molecule has 20 heavy (non-hydrogen) atoms. The summed E-state index contributed by atoms with van der Waals surface area (Å²) in [5.41, 5.74) is 0.558. The maximum absolute atomic E-state index is 12.3. The van der Waals surface area contributed by atoms with Crippen LogP contribution in [0.4, 0.5) is 0 Å². The van der Waals surface area contributed by atoms with Crippen LogP contribution in [0.25, 0.3) is 0 Å². The molecule has 0 aliphatic carbocycles. The molecule has 1 fully saturated rings. The summed E-state index contributed by atoms with van der Waals surface area (Å²) in [5, 5.41) is 9.02. The number of carbonyl (C=O) groups is 1. The number of amides is 1. The number of piperidine rings is 1. The van der Waals surface area contributed by atoms with Crippen LogP contribution in [0.15, 0.2) is 10.2 Å². The molecule has 2 aromatic heterocycles. The van der Waals surface area contributed by atoms with Gasteiger partial charge in [-0.15, -0.1) is 16.4 Å². The fourth-order valence-electron chi connectivity index (χ4n) is 2.44. The third-order valence-electron chi connectivity index (χ3n) is 3.40. The minimum Gasteiger partial charge on any atom is -0.335 e. The summed E-state index contributed by atoms with van der Waals surface area (Å²) in [6.07, 6.45) is 1.97. The van der Waals surface area contributed by atoms with Crippen molar-refractivity contribution in [1.29, 1.82) is 0 Å². The highest BCUT2D eigenvalue weighted by molar-refractivity contribution is 7.09. The van der Waals surface area contributed by atoms with Crippen LogP contribution in [-0.2, 0) is 0 Å². The Kier molecular flexibility index (Phi) is 3.39. The van der Waals surface area contributed by atoms with Crippen molar-refractivity contribution in [3.8, 4) is 0 Å². The summed E-state index contributed by atoms with van der Waals surface area (Å²) in [5.74, 6) is 0.115. The van der Waals surface area contributed by atoms with Crippen LogP contribution < -0.4 is 5.69 Å². The Morgan fingerprint density at radius 1 is 1.55 bits per heavy atom. The van der Waals surface area contributed by atoms with Crippen LogP contribution in [0.1, 0.15) is 40.1 Å². The summed E-state index contributed by atoms with van der Waals surface area (Å²) in [6, 6.07) is 0. The minimum absolute atomic E-state index is 0.0750. The molecule has 1 aliphatic heterocycles. The van der Waals surface area contributed by atoms with E-state index < -0.39 is 5.69 Å². The van der Waals surface area contributed by atoms with Gasteiger partial charge in [0.15, 0.2) is 0 Å². The van der Waals surface area contributed by atoms with Gasteiger partial charge in [-0.25, -0.2) is 14.9 Å². The lowest BCUT2D eigenvalue weighted by atomic mass is 9.98. The summed E-state index contributed by atoms with van der Waals surface area (Å²) >= 11 is 1.64. The van der Waals surface area contributed by atoms with Crippen LogP contribution in [0, 0.1) is 6.92 Å². The van der Waals surface area contributed by atoms with Crippen molar-refractivity contribution < 1.29 is 4.79 Å². The number of thiazole rings is 1. The summed E-state index contributed by atoms with van der Waals surface area (Å²) in [6.45, 7) is 3.29. The van der Waals surface area contributed by atoms with Crippen LogP contribution in [0.3, 0.4) is 0 Å². The SMILES string of the molecule is Cc1csc(C2CCCN(C(=O)c3n[nH]c(=O)[nH]3)C2)n1. The fourth-order valence-corrected chi connectivity index (χ4v) is 3.37. The quantitative estimate of drug-likeness (QED) is 0.859. The molecule has 7 nitrogen and oxygen atoms in total. The number of rotatable bonds is 2. The number of aromatic nitrogens is 4. The van der Waals surface area contributed by atoms with Crippen molar-refractivity contribution in [1.82, 2.24) is 25.1 Å². The Bertz CT molecular complexity index is 673. The maximum Gasteiger partial charge on any atom is 0.341 e. The number of hydrogen-bond donors (Lipinski definition) is 2. The second-order valence-corrected chi connectivity index (χ2v) is 5.83. The number of nitrogens with zero attached hydrogens (tertiary/aromatic N) is 3. The first-order valence-electron chi connectivity index (χ1n) is 6.49. The van der Waals surface area contributed by atoms with Crippen LogP contribution >= 0.6 is 11.3 Å². The Morgan fingerprint density at radius 3 is 3.05 bits per heavy atom. The third kappa shape index (κ3) is 2.51. The summed E-state index contributed by atoms with van der Waals surface area (Å²) in [4.78, 5) is 31.9. The van der Waals surface area contributed by atoms with Gasteiger partial charge in [-0.3, -0.25) is 9.78 Å². The molecule has 8 heteroatoms. The Balaban J connectivity index is 1.75. The topological polar surface area (TPSA) is 94.7 Å². The second-order valence-electron chi connectivity index (χ2n) is 4.94. The van der Waals surface area contributed by atoms with Gasteiger partial charge in [0, 0.05) is 30.1 Å². The molecule has 0 radical (unpaired) electrons. The first-order valence-corrected chi connectivity index (χ1v) is 7.37. The molecule has 1 saturated heterocycles. The zero-order valence-electron chi connectivity index (χ0n) is 11.0. The molecule has 1 unspecified atom stereocenters. The minimum atomic E-state index is -0.461.